The van der Waals surface area contributed by atoms with Gasteiger partial charge in [-0.05, 0) is 66.4 Å². The Morgan fingerprint density at radius 1 is 0.923 bits per heavy atom. The Kier molecular flexibility index (Phi) is 6.64. The van der Waals surface area contributed by atoms with Crippen LogP contribution in [0.1, 0.15) is 24.1 Å². The molecule has 0 radical (unpaired) electrons. The van der Waals surface area contributed by atoms with Gasteiger partial charge in [0.05, 0.1) is 5.69 Å². The van der Waals surface area contributed by atoms with E-state index in [2.05, 4.69) is 29.2 Å². The van der Waals surface area contributed by atoms with Gasteiger partial charge in [-0.1, -0.05) is 66.7 Å². The number of carboxylic acid groups (broad SMARTS) is 1. The number of pyridine rings is 1. The predicted octanol–water partition coefficient (Wildman–Crippen LogP) is 4.57. The van der Waals surface area contributed by atoms with E-state index in [0.717, 1.165) is 33.8 Å². The van der Waals surface area contributed by atoms with Crippen molar-refractivity contribution in [2.45, 2.75) is 43.2 Å². The van der Waals surface area contributed by atoms with Crippen LogP contribution in [-0.2, 0) is 16.8 Å². The number of nitrogens with zero attached hydrogens (tertiary/aromatic N) is 3. The molecular formula is C32H31N3O4. The highest BCUT2D eigenvalue weighted by Crippen LogP contribution is 2.54. The van der Waals surface area contributed by atoms with E-state index >= 15 is 0 Å². The molecule has 7 heteroatoms. The Bertz CT molecular complexity index is 1450. The van der Waals surface area contributed by atoms with Crippen molar-refractivity contribution in [2.75, 3.05) is 11.4 Å². The number of piperidine rings is 1. The molecule has 1 saturated heterocycles. The Balaban J connectivity index is 1.35. The number of carbonyl (C=O) groups is 1. The average molecular weight is 522 g/mol. The molecule has 4 unspecified atom stereocenters. The molecule has 6 rings (SSSR count). The van der Waals surface area contributed by atoms with Gasteiger partial charge in [0, 0.05) is 35.6 Å². The first-order valence-electron chi connectivity index (χ1n) is 13.2. The van der Waals surface area contributed by atoms with Crippen molar-refractivity contribution in [1.82, 2.24) is 9.88 Å². The molecule has 4 aromatic rings. The number of aliphatic hydroxyl groups is 2. The first kappa shape index (κ1) is 25.2. The molecule has 0 amide bonds. The van der Waals surface area contributed by atoms with Gasteiger partial charge >= 0.3 is 5.97 Å². The minimum Gasteiger partial charge on any atom is -0.479 e. The van der Waals surface area contributed by atoms with E-state index in [1.54, 1.807) is 6.20 Å². The molecule has 198 valence electrons. The number of anilines is 2. The largest absolute Gasteiger partial charge is 0.479 e. The van der Waals surface area contributed by atoms with Gasteiger partial charge < -0.3 is 20.2 Å². The molecule has 3 aromatic carbocycles. The van der Waals surface area contributed by atoms with Crippen LogP contribution in [0.5, 0.6) is 0 Å². The maximum atomic E-state index is 12.0. The minimum atomic E-state index is -1.59. The number of aliphatic hydroxyl groups excluding tert-OH is 2. The quantitative estimate of drug-likeness (QED) is 0.342. The summed E-state index contributed by atoms with van der Waals surface area (Å²) >= 11 is 0. The average Bonchev–Trinajstić information content (AvgIpc) is 3.21. The molecule has 2 aliphatic rings. The van der Waals surface area contributed by atoms with Gasteiger partial charge in [-0.2, -0.15) is 0 Å². The zero-order chi connectivity index (χ0) is 27.0. The molecule has 1 spiro atoms. The van der Waals surface area contributed by atoms with E-state index in [-0.39, 0.29) is 0 Å². The van der Waals surface area contributed by atoms with Crippen molar-refractivity contribution >= 4 is 17.3 Å². The highest BCUT2D eigenvalue weighted by atomic mass is 16.4. The van der Waals surface area contributed by atoms with Crippen molar-refractivity contribution in [1.29, 1.82) is 0 Å². The van der Waals surface area contributed by atoms with Crippen LogP contribution in [-0.4, -0.2) is 56.1 Å². The van der Waals surface area contributed by atoms with E-state index < -0.39 is 29.8 Å². The van der Waals surface area contributed by atoms with Gasteiger partial charge in [-0.15, -0.1) is 0 Å². The number of aliphatic carboxylic acids is 1. The molecule has 2 aliphatic heterocycles. The lowest BCUT2D eigenvalue weighted by molar-refractivity contribution is -0.153. The zero-order valence-corrected chi connectivity index (χ0v) is 21.5. The maximum Gasteiger partial charge on any atom is 0.334 e. The van der Waals surface area contributed by atoms with Crippen molar-refractivity contribution in [2.24, 2.45) is 0 Å². The summed E-state index contributed by atoms with van der Waals surface area (Å²) in [7, 11) is 0. The molecule has 39 heavy (non-hydrogen) atoms. The Morgan fingerprint density at radius 3 is 2.33 bits per heavy atom. The van der Waals surface area contributed by atoms with Crippen molar-refractivity contribution in [3.05, 3.63) is 115 Å². The van der Waals surface area contributed by atoms with E-state index in [0.29, 0.717) is 25.9 Å². The van der Waals surface area contributed by atoms with Gasteiger partial charge in [0.25, 0.3) is 0 Å². The number of hydrogen-bond donors (Lipinski definition) is 3. The summed E-state index contributed by atoms with van der Waals surface area (Å²) in [6, 6.07) is 31.2. The van der Waals surface area contributed by atoms with Gasteiger partial charge in [0.2, 0.25) is 0 Å². The summed E-state index contributed by atoms with van der Waals surface area (Å²) in [6.07, 6.45) is 0.104. The number of hydrogen-bond acceptors (Lipinski definition) is 6. The normalized spacial score (nSPS) is 23.5. The van der Waals surface area contributed by atoms with Gasteiger partial charge in [-0.25, -0.2) is 4.79 Å². The fraction of sp³-hybridized carbons (Fsp3) is 0.250. The fourth-order valence-electron chi connectivity index (χ4n) is 6.31. The van der Waals surface area contributed by atoms with E-state index in [1.165, 1.54) is 0 Å². The molecule has 0 bridgehead atoms. The SMILES string of the molecule is O=C(O)C(O)C1CC2(CCN1Cc1ccccn1)c1ccccc1N(c1ccc(-c3ccccc3)cc1)C2O. The summed E-state index contributed by atoms with van der Waals surface area (Å²) in [5.41, 5.74) is 5.01. The first-order chi connectivity index (χ1) is 19.0. The van der Waals surface area contributed by atoms with E-state index in [9.17, 15) is 20.1 Å². The van der Waals surface area contributed by atoms with Crippen LogP contribution in [0.4, 0.5) is 11.4 Å². The standard InChI is InChI=1S/C32H31N3O4/c36-29(30(37)38)28-20-32(17-19-34(28)21-24-10-6-7-18-33-24)26-11-4-5-12-27(26)35(31(32)39)25-15-13-23(14-16-25)22-8-2-1-3-9-22/h1-16,18,28-29,31,36,39H,17,19-21H2,(H,37,38). The number of para-hydroxylation sites is 1. The molecule has 4 atom stereocenters. The zero-order valence-electron chi connectivity index (χ0n) is 21.5. The number of likely N-dealkylation sites (tertiary alicyclic amines) is 1. The minimum absolute atomic E-state index is 0.296. The Labute approximate surface area is 227 Å². The maximum absolute atomic E-state index is 12.0. The summed E-state index contributed by atoms with van der Waals surface area (Å²) in [5, 5.41) is 32.6. The smallest absolute Gasteiger partial charge is 0.334 e. The number of fused-ring (bicyclic) bond motifs is 2. The van der Waals surface area contributed by atoms with Crippen LogP contribution in [0.2, 0.25) is 0 Å². The molecule has 1 fully saturated rings. The third kappa shape index (κ3) is 4.48. The lowest BCUT2D eigenvalue weighted by Gasteiger charge is -2.48. The number of rotatable bonds is 6. The van der Waals surface area contributed by atoms with Crippen molar-refractivity contribution in [3.63, 3.8) is 0 Å². The highest BCUT2D eigenvalue weighted by Gasteiger charge is 2.55. The summed E-state index contributed by atoms with van der Waals surface area (Å²) in [4.78, 5) is 20.3. The topological polar surface area (TPSA) is 97.1 Å². The molecule has 0 saturated carbocycles. The van der Waals surface area contributed by atoms with Crippen LogP contribution in [0.3, 0.4) is 0 Å². The summed E-state index contributed by atoms with van der Waals surface area (Å²) in [5.74, 6) is -1.27. The van der Waals surface area contributed by atoms with Crippen molar-refractivity contribution in [3.8, 4) is 11.1 Å². The second-order valence-electron chi connectivity index (χ2n) is 10.4. The first-order valence-corrected chi connectivity index (χ1v) is 13.2. The Morgan fingerprint density at radius 2 is 1.62 bits per heavy atom. The second kappa shape index (κ2) is 10.3. The van der Waals surface area contributed by atoms with E-state index in [1.807, 2.05) is 82.6 Å². The van der Waals surface area contributed by atoms with Crippen LogP contribution < -0.4 is 4.90 Å². The van der Waals surface area contributed by atoms with Crippen LogP contribution >= 0.6 is 0 Å². The summed E-state index contributed by atoms with van der Waals surface area (Å²) < 4.78 is 0. The second-order valence-corrected chi connectivity index (χ2v) is 10.4. The predicted molar refractivity (Wildman–Crippen MR) is 149 cm³/mol. The van der Waals surface area contributed by atoms with Crippen molar-refractivity contribution < 1.29 is 20.1 Å². The van der Waals surface area contributed by atoms with Crippen LogP contribution in [0.25, 0.3) is 11.1 Å². The molecule has 3 N–H and O–H groups in total. The molecule has 3 heterocycles. The molecule has 0 aliphatic carbocycles. The third-order valence-electron chi connectivity index (χ3n) is 8.29. The van der Waals surface area contributed by atoms with Gasteiger partial charge in [-0.3, -0.25) is 9.88 Å². The highest BCUT2D eigenvalue weighted by molar-refractivity contribution is 5.76. The molecule has 1 aromatic heterocycles. The monoisotopic (exact) mass is 521 g/mol. The van der Waals surface area contributed by atoms with Gasteiger partial charge in [0.1, 0.15) is 6.23 Å². The Hall–Kier alpha value is -4.04. The molecule has 7 nitrogen and oxygen atoms in total. The number of carboxylic acids is 1. The van der Waals surface area contributed by atoms with E-state index in [4.69, 9.17) is 0 Å². The fourth-order valence-corrected chi connectivity index (χ4v) is 6.31. The molecular weight excluding hydrogens is 490 g/mol. The van der Waals surface area contributed by atoms with Crippen LogP contribution in [0, 0.1) is 0 Å². The lowest BCUT2D eigenvalue weighted by Crippen LogP contribution is -2.58. The third-order valence-corrected chi connectivity index (χ3v) is 8.29. The van der Waals surface area contributed by atoms with Gasteiger partial charge in [0.15, 0.2) is 6.10 Å². The lowest BCUT2D eigenvalue weighted by atomic mass is 9.69. The number of aromatic nitrogens is 1. The summed E-state index contributed by atoms with van der Waals surface area (Å²) in [6.45, 7) is 0.937. The van der Waals surface area contributed by atoms with Crippen LogP contribution in [0.15, 0.2) is 103 Å². The number of benzene rings is 3.